The third-order valence-electron chi connectivity index (χ3n) is 1.09. The maximum atomic E-state index is 10.4. The van der Waals surface area contributed by atoms with E-state index in [1.807, 2.05) is 19.0 Å². The molecule has 0 atom stereocenters. The molecule has 5 heteroatoms. The Morgan fingerprint density at radius 1 is 1.73 bits per heavy atom. The fourth-order valence-corrected chi connectivity index (χ4v) is 1.99. The first-order valence-corrected chi connectivity index (χ1v) is 4.69. The number of rotatable bonds is 2. The number of hydrogen-bond donors (Lipinski definition) is 1. The van der Waals surface area contributed by atoms with Crippen molar-refractivity contribution in [3.05, 3.63) is 10.6 Å². The summed E-state index contributed by atoms with van der Waals surface area (Å²) in [6.45, 7) is 0. The topological polar surface area (TPSA) is 53.4 Å². The van der Waals surface area contributed by atoms with Crippen LogP contribution in [-0.4, -0.2) is 44.7 Å². The molecule has 11 heavy (non-hydrogen) atoms. The van der Waals surface area contributed by atoms with Crippen molar-refractivity contribution in [1.29, 1.82) is 0 Å². The molecule has 1 heterocycles. The Hall–Kier alpha value is -0.801. The van der Waals surface area contributed by atoms with Gasteiger partial charge in [0.2, 0.25) is 0 Å². The second-order valence-corrected chi connectivity index (χ2v) is 4.32. The zero-order chi connectivity index (χ0) is 8.43. The van der Waals surface area contributed by atoms with Crippen LogP contribution in [0.25, 0.3) is 0 Å². The Labute approximate surface area is 70.2 Å². The normalized spacial score (nSPS) is 9.64. The van der Waals surface area contributed by atoms with Crippen molar-refractivity contribution in [3.8, 4) is 0 Å². The minimum atomic E-state index is -0.856. The van der Waals surface area contributed by atoms with E-state index in [1.165, 1.54) is 6.20 Å². The van der Waals surface area contributed by atoms with Gasteiger partial charge in [0.1, 0.15) is 0 Å². The second-order valence-electron chi connectivity index (χ2n) is 2.21. The molecule has 0 aliphatic heterocycles. The van der Waals surface area contributed by atoms with Gasteiger partial charge in [-0.3, -0.25) is 0 Å². The van der Waals surface area contributed by atoms with Crippen molar-refractivity contribution in [1.82, 2.24) is 4.98 Å². The molecule has 1 aromatic heterocycles. The SMILES string of the molecule is CN(C)c1ncc(C(=O)O)[se]1. The molecule has 0 amide bonds. The molecule has 0 aliphatic carbocycles. The molecule has 0 spiro atoms. The summed E-state index contributed by atoms with van der Waals surface area (Å²) in [5.41, 5.74) is 0. The summed E-state index contributed by atoms with van der Waals surface area (Å²) < 4.78 is 1.27. The van der Waals surface area contributed by atoms with E-state index < -0.39 is 5.97 Å². The molecule has 0 aliphatic rings. The van der Waals surface area contributed by atoms with Gasteiger partial charge in [-0.2, -0.15) is 0 Å². The number of nitrogens with zero attached hydrogens (tertiary/aromatic N) is 2. The van der Waals surface area contributed by atoms with Crippen molar-refractivity contribution < 1.29 is 9.90 Å². The Bertz CT molecular complexity index is 269. The van der Waals surface area contributed by atoms with Gasteiger partial charge in [-0.1, -0.05) is 0 Å². The quantitative estimate of drug-likeness (QED) is 0.706. The van der Waals surface area contributed by atoms with Crippen molar-refractivity contribution in [3.63, 3.8) is 0 Å². The van der Waals surface area contributed by atoms with Crippen LogP contribution in [0.15, 0.2) is 6.20 Å². The molecule has 60 valence electrons. The first-order chi connectivity index (χ1) is 5.11. The Balaban J connectivity index is 2.90. The monoisotopic (exact) mass is 220 g/mol. The first kappa shape index (κ1) is 8.30. The van der Waals surface area contributed by atoms with Gasteiger partial charge in [0, 0.05) is 0 Å². The van der Waals surface area contributed by atoms with Crippen LogP contribution in [0.1, 0.15) is 9.23 Å². The number of aromatic carboxylic acids is 1. The van der Waals surface area contributed by atoms with Gasteiger partial charge in [0.15, 0.2) is 0 Å². The van der Waals surface area contributed by atoms with Gasteiger partial charge >= 0.3 is 69.7 Å². The van der Waals surface area contributed by atoms with E-state index >= 15 is 0 Å². The fraction of sp³-hybridized carbons (Fsp3) is 0.333. The van der Waals surface area contributed by atoms with Crippen LogP contribution in [0.2, 0.25) is 0 Å². The van der Waals surface area contributed by atoms with Gasteiger partial charge in [0.25, 0.3) is 0 Å². The molecule has 0 aromatic carbocycles. The minimum absolute atomic E-state index is 0.116. The van der Waals surface area contributed by atoms with Crippen LogP contribution in [0.4, 0.5) is 4.69 Å². The Morgan fingerprint density at radius 3 is 2.64 bits per heavy atom. The van der Waals surface area contributed by atoms with Crippen molar-refractivity contribution >= 4 is 25.2 Å². The van der Waals surface area contributed by atoms with Crippen LogP contribution in [0.3, 0.4) is 0 Å². The van der Waals surface area contributed by atoms with E-state index in [2.05, 4.69) is 4.98 Å². The zero-order valence-electron chi connectivity index (χ0n) is 6.24. The summed E-state index contributed by atoms with van der Waals surface area (Å²) in [7, 11) is 3.72. The molecular weight excluding hydrogens is 211 g/mol. The molecule has 1 aromatic rings. The first-order valence-electron chi connectivity index (χ1n) is 2.97. The standard InChI is InChI=1S/C6H8N2O2Se/c1-8(2)6-7-3-4(11-6)5(9)10/h3H,1-2H3,(H,9,10). The average Bonchev–Trinajstić information content (AvgIpc) is 2.33. The van der Waals surface area contributed by atoms with Crippen LogP contribution < -0.4 is 4.90 Å². The van der Waals surface area contributed by atoms with Gasteiger partial charge < -0.3 is 0 Å². The third kappa shape index (κ3) is 1.82. The van der Waals surface area contributed by atoms with E-state index in [0.29, 0.717) is 4.44 Å². The van der Waals surface area contributed by atoms with E-state index in [0.717, 1.165) is 4.69 Å². The Kier molecular flexibility index (Phi) is 2.31. The number of carbonyl (C=O) groups is 1. The number of hydrogen-bond acceptors (Lipinski definition) is 3. The van der Waals surface area contributed by atoms with Crippen LogP contribution >= 0.6 is 0 Å². The number of aromatic nitrogens is 1. The molecule has 0 radical (unpaired) electrons. The Morgan fingerprint density at radius 2 is 2.36 bits per heavy atom. The average molecular weight is 219 g/mol. The third-order valence-corrected chi connectivity index (χ3v) is 3.51. The van der Waals surface area contributed by atoms with Crippen molar-refractivity contribution in [2.45, 2.75) is 0 Å². The zero-order valence-corrected chi connectivity index (χ0v) is 7.95. The predicted octanol–water partition coefficient (Wildman–Crippen LogP) is -0.0972. The molecule has 0 unspecified atom stereocenters. The van der Waals surface area contributed by atoms with Crippen LogP contribution in [0.5, 0.6) is 0 Å². The number of anilines is 1. The maximum absolute atomic E-state index is 10.4. The molecule has 1 N–H and O–H groups in total. The molecular formula is C6H8N2O2Se. The molecule has 1 rings (SSSR count). The second kappa shape index (κ2) is 3.07. The molecule has 0 bridgehead atoms. The van der Waals surface area contributed by atoms with Gasteiger partial charge in [-0.15, -0.1) is 0 Å². The van der Waals surface area contributed by atoms with Gasteiger partial charge in [0.05, 0.1) is 0 Å². The van der Waals surface area contributed by atoms with Gasteiger partial charge in [-0.05, 0) is 0 Å². The number of carboxylic acid groups (broad SMARTS) is 1. The summed E-state index contributed by atoms with van der Waals surface area (Å²) in [6.07, 6.45) is 1.43. The van der Waals surface area contributed by atoms with E-state index in [9.17, 15) is 4.79 Å². The van der Waals surface area contributed by atoms with Crippen molar-refractivity contribution in [2.24, 2.45) is 0 Å². The predicted molar refractivity (Wildman–Crippen MR) is 42.5 cm³/mol. The van der Waals surface area contributed by atoms with Crippen LogP contribution in [-0.2, 0) is 0 Å². The summed E-state index contributed by atoms with van der Waals surface area (Å²) in [5.74, 6) is -0.856. The number of carboxylic acids is 1. The summed E-state index contributed by atoms with van der Waals surface area (Å²) in [6, 6.07) is 0. The molecule has 0 saturated heterocycles. The fourth-order valence-electron chi connectivity index (χ4n) is 0.571. The van der Waals surface area contributed by atoms with E-state index in [1.54, 1.807) is 0 Å². The molecule has 0 saturated carbocycles. The molecule has 0 fully saturated rings. The summed E-state index contributed by atoms with van der Waals surface area (Å²) in [4.78, 5) is 16.2. The van der Waals surface area contributed by atoms with Gasteiger partial charge in [-0.25, -0.2) is 0 Å². The summed E-state index contributed by atoms with van der Waals surface area (Å²) in [5, 5.41) is 8.57. The van der Waals surface area contributed by atoms with E-state index in [4.69, 9.17) is 5.11 Å². The van der Waals surface area contributed by atoms with Crippen molar-refractivity contribution in [2.75, 3.05) is 19.0 Å². The molecule has 4 nitrogen and oxygen atoms in total. The van der Waals surface area contributed by atoms with Crippen LogP contribution in [0, 0.1) is 0 Å². The van der Waals surface area contributed by atoms with E-state index in [-0.39, 0.29) is 14.5 Å². The summed E-state index contributed by atoms with van der Waals surface area (Å²) >= 11 is -0.116.